The zero-order valence-corrected chi connectivity index (χ0v) is 11.5. The van der Waals surface area contributed by atoms with Crippen molar-refractivity contribution >= 4 is 33.0 Å². The average molecular weight is 292 g/mol. The Hall–Kier alpha value is -0.760. The van der Waals surface area contributed by atoms with Crippen molar-refractivity contribution in [3.8, 4) is 6.07 Å². The van der Waals surface area contributed by atoms with Crippen LogP contribution in [0, 0.1) is 11.3 Å². The third kappa shape index (κ3) is 3.12. The molecular weight excluding hydrogens is 281 g/mol. The lowest BCUT2D eigenvalue weighted by molar-refractivity contribution is 0.576. The van der Waals surface area contributed by atoms with E-state index in [2.05, 4.69) is 0 Å². The summed E-state index contributed by atoms with van der Waals surface area (Å²) in [5.74, 6) is 0. The van der Waals surface area contributed by atoms with Gasteiger partial charge in [-0.15, -0.1) is 0 Å². The second-order valence-electron chi connectivity index (χ2n) is 3.51. The maximum absolute atomic E-state index is 12.2. The highest BCUT2D eigenvalue weighted by Gasteiger charge is 2.28. The van der Waals surface area contributed by atoms with Gasteiger partial charge in [0, 0.05) is 5.02 Å². The van der Waals surface area contributed by atoms with Gasteiger partial charge in [-0.3, -0.25) is 0 Å². The van der Waals surface area contributed by atoms with Crippen molar-refractivity contribution in [2.75, 3.05) is 0 Å². The van der Waals surface area contributed by atoms with Gasteiger partial charge < -0.3 is 0 Å². The minimum absolute atomic E-state index is 0.00577. The summed E-state index contributed by atoms with van der Waals surface area (Å²) in [5.41, 5.74) is 0. The number of nitrogens with zero attached hydrogens (tertiary/aromatic N) is 1. The second-order valence-corrected chi connectivity index (χ2v) is 6.55. The first kappa shape index (κ1) is 14.3. The molecule has 0 saturated heterocycles. The number of benzene rings is 1. The highest BCUT2D eigenvalue weighted by molar-refractivity contribution is 7.92. The lowest BCUT2D eigenvalue weighted by Crippen LogP contribution is -2.20. The van der Waals surface area contributed by atoms with E-state index in [0.29, 0.717) is 11.4 Å². The van der Waals surface area contributed by atoms with E-state index >= 15 is 0 Å². The Labute approximate surface area is 111 Å². The van der Waals surface area contributed by atoms with Crippen LogP contribution < -0.4 is 0 Å². The monoisotopic (exact) mass is 291 g/mol. The van der Waals surface area contributed by atoms with E-state index in [9.17, 15) is 8.42 Å². The van der Waals surface area contributed by atoms with Crippen molar-refractivity contribution in [1.82, 2.24) is 0 Å². The van der Waals surface area contributed by atoms with Gasteiger partial charge in [-0.25, -0.2) is 8.42 Å². The SMILES string of the molecule is CCC(CC#N)S(=O)(=O)c1cc(Cl)ccc1Cl. The lowest BCUT2D eigenvalue weighted by Gasteiger charge is -2.14. The Morgan fingerprint density at radius 3 is 2.59 bits per heavy atom. The summed E-state index contributed by atoms with van der Waals surface area (Å²) in [4.78, 5) is -0.00577. The topological polar surface area (TPSA) is 57.9 Å². The molecule has 0 bridgehead atoms. The molecule has 3 nitrogen and oxygen atoms in total. The molecule has 0 fully saturated rings. The van der Waals surface area contributed by atoms with Gasteiger partial charge in [0.05, 0.1) is 27.7 Å². The molecule has 0 aliphatic carbocycles. The van der Waals surface area contributed by atoms with Crippen LogP contribution >= 0.6 is 23.2 Å². The maximum atomic E-state index is 12.2. The Bertz CT molecular complexity index is 549. The molecule has 0 spiro atoms. The molecule has 1 unspecified atom stereocenters. The summed E-state index contributed by atoms with van der Waals surface area (Å²) in [6.45, 7) is 1.72. The fourth-order valence-corrected chi connectivity index (χ4v) is 3.85. The summed E-state index contributed by atoms with van der Waals surface area (Å²) >= 11 is 11.6. The van der Waals surface area contributed by atoms with E-state index in [1.165, 1.54) is 18.2 Å². The summed E-state index contributed by atoms with van der Waals surface area (Å²) < 4.78 is 24.5. The summed E-state index contributed by atoms with van der Waals surface area (Å²) in [7, 11) is -3.61. The quantitative estimate of drug-likeness (QED) is 0.853. The molecule has 0 aliphatic heterocycles. The van der Waals surface area contributed by atoms with Gasteiger partial charge >= 0.3 is 0 Å². The van der Waals surface area contributed by atoms with E-state index in [-0.39, 0.29) is 16.3 Å². The smallest absolute Gasteiger partial charge is 0.183 e. The zero-order valence-electron chi connectivity index (χ0n) is 9.15. The predicted octanol–water partition coefficient (Wildman–Crippen LogP) is 3.46. The molecule has 1 rings (SSSR count). The van der Waals surface area contributed by atoms with Crippen LogP contribution in [0.25, 0.3) is 0 Å². The van der Waals surface area contributed by atoms with Crippen LogP contribution in [0.15, 0.2) is 23.1 Å². The Balaban J connectivity index is 3.30. The third-order valence-electron chi connectivity index (χ3n) is 2.41. The van der Waals surface area contributed by atoms with E-state index in [0.717, 1.165) is 0 Å². The molecule has 1 aromatic rings. The number of halogens is 2. The van der Waals surface area contributed by atoms with Crippen LogP contribution in [0.3, 0.4) is 0 Å². The molecule has 0 radical (unpaired) electrons. The molecule has 1 aromatic carbocycles. The van der Waals surface area contributed by atoms with E-state index in [1.54, 1.807) is 6.92 Å². The molecular formula is C11H11Cl2NO2S. The van der Waals surface area contributed by atoms with Crippen molar-refractivity contribution in [3.05, 3.63) is 28.2 Å². The maximum Gasteiger partial charge on any atom is 0.183 e. The fraction of sp³-hybridized carbons (Fsp3) is 0.364. The van der Waals surface area contributed by atoms with Crippen molar-refractivity contribution in [3.63, 3.8) is 0 Å². The number of sulfone groups is 1. The first-order chi connectivity index (χ1) is 7.93. The molecule has 1 atom stereocenters. The highest BCUT2D eigenvalue weighted by Crippen LogP contribution is 2.29. The molecule has 0 saturated carbocycles. The molecule has 17 heavy (non-hydrogen) atoms. The Morgan fingerprint density at radius 2 is 2.06 bits per heavy atom. The van der Waals surface area contributed by atoms with E-state index in [1.807, 2.05) is 6.07 Å². The van der Waals surface area contributed by atoms with Crippen molar-refractivity contribution in [2.45, 2.75) is 29.9 Å². The minimum Gasteiger partial charge on any atom is -0.223 e. The average Bonchev–Trinajstić information content (AvgIpc) is 2.28. The zero-order chi connectivity index (χ0) is 13.1. The van der Waals surface area contributed by atoms with Crippen LogP contribution in [-0.2, 0) is 9.84 Å². The van der Waals surface area contributed by atoms with Gasteiger partial charge in [0.25, 0.3) is 0 Å². The third-order valence-corrected chi connectivity index (χ3v) is 5.42. The summed E-state index contributed by atoms with van der Waals surface area (Å²) in [5, 5.41) is 8.32. The normalized spacial score (nSPS) is 13.1. The summed E-state index contributed by atoms with van der Waals surface area (Å²) in [6.07, 6.45) is 0.306. The van der Waals surface area contributed by atoms with E-state index < -0.39 is 15.1 Å². The molecule has 0 aromatic heterocycles. The predicted molar refractivity (Wildman–Crippen MR) is 68.0 cm³/mol. The second kappa shape index (κ2) is 5.72. The van der Waals surface area contributed by atoms with Crippen molar-refractivity contribution in [2.24, 2.45) is 0 Å². The van der Waals surface area contributed by atoms with Crippen molar-refractivity contribution in [1.29, 1.82) is 5.26 Å². The molecule has 92 valence electrons. The Morgan fingerprint density at radius 1 is 1.41 bits per heavy atom. The van der Waals surface area contributed by atoms with Crippen LogP contribution in [0.4, 0.5) is 0 Å². The number of rotatable bonds is 4. The number of hydrogen-bond donors (Lipinski definition) is 0. The molecule has 0 amide bonds. The van der Waals surface area contributed by atoms with Crippen LogP contribution in [0.2, 0.25) is 10.0 Å². The molecule has 0 heterocycles. The van der Waals surface area contributed by atoms with Gasteiger partial charge in [-0.1, -0.05) is 30.1 Å². The lowest BCUT2D eigenvalue weighted by atomic mass is 10.3. The van der Waals surface area contributed by atoms with Gasteiger partial charge in [-0.2, -0.15) is 5.26 Å². The van der Waals surface area contributed by atoms with Gasteiger partial charge in [0.2, 0.25) is 0 Å². The minimum atomic E-state index is -3.61. The highest BCUT2D eigenvalue weighted by atomic mass is 35.5. The van der Waals surface area contributed by atoms with Crippen LogP contribution in [0.5, 0.6) is 0 Å². The molecule has 0 N–H and O–H groups in total. The van der Waals surface area contributed by atoms with Crippen molar-refractivity contribution < 1.29 is 8.42 Å². The standard InChI is InChI=1S/C11H11Cl2NO2S/c1-2-9(5-6-14)17(15,16)11-7-8(12)3-4-10(11)13/h3-4,7,9H,2,5H2,1H3. The van der Waals surface area contributed by atoms with Crippen LogP contribution in [-0.4, -0.2) is 13.7 Å². The number of nitriles is 1. The number of hydrogen-bond acceptors (Lipinski definition) is 3. The Kier molecular flexibility index (Phi) is 4.81. The van der Waals surface area contributed by atoms with Gasteiger partial charge in [0.15, 0.2) is 9.84 Å². The van der Waals surface area contributed by atoms with Crippen LogP contribution in [0.1, 0.15) is 19.8 Å². The van der Waals surface area contributed by atoms with E-state index in [4.69, 9.17) is 28.5 Å². The summed E-state index contributed by atoms with van der Waals surface area (Å²) in [6, 6.07) is 6.15. The van der Waals surface area contributed by atoms with Gasteiger partial charge in [-0.05, 0) is 24.6 Å². The molecule has 6 heteroatoms. The molecule has 0 aliphatic rings. The first-order valence-electron chi connectivity index (χ1n) is 4.99. The largest absolute Gasteiger partial charge is 0.223 e. The van der Waals surface area contributed by atoms with Gasteiger partial charge in [0.1, 0.15) is 0 Å². The first-order valence-corrected chi connectivity index (χ1v) is 7.29. The fourth-order valence-electron chi connectivity index (χ4n) is 1.45.